The van der Waals surface area contributed by atoms with Crippen molar-refractivity contribution in [1.29, 1.82) is 5.26 Å². The normalized spacial score (nSPS) is 11.8. The number of nitrogen functional groups attached to an aromatic ring is 1. The standard InChI is InChI=1S/C24H21FN6O5S2/c1-13(32)17(23(33)28-15-6-4-5-14(25)9-15)11-21-22(38(34,35)36)18(12-26)24(37-21)30-29-20-8-7-16(31(2)3)10-19(20)27/h4-11H,27H2,1-3H3,(H,28,33)(H,34,35,36)/b17-11-,30-29?. The number of hydrogen-bond donors (Lipinski definition) is 3. The fourth-order valence-electron chi connectivity index (χ4n) is 3.18. The van der Waals surface area contributed by atoms with Crippen molar-refractivity contribution in [3.63, 3.8) is 0 Å². The second-order valence-corrected chi connectivity index (χ2v) is 10.4. The van der Waals surface area contributed by atoms with Crippen molar-refractivity contribution in [2.75, 3.05) is 30.0 Å². The Labute approximate surface area is 221 Å². The summed E-state index contributed by atoms with van der Waals surface area (Å²) >= 11 is 0.603. The van der Waals surface area contributed by atoms with E-state index in [4.69, 9.17) is 5.73 Å². The number of nitrogens with zero attached hydrogens (tertiary/aromatic N) is 4. The Hall–Kier alpha value is -4.45. The van der Waals surface area contributed by atoms with Gasteiger partial charge >= 0.3 is 0 Å². The fraction of sp³-hybridized carbons (Fsp3) is 0.125. The van der Waals surface area contributed by atoms with E-state index in [1.54, 1.807) is 24.3 Å². The molecule has 196 valence electrons. The molecular formula is C24H21FN6O5S2. The summed E-state index contributed by atoms with van der Waals surface area (Å²) in [5.74, 6) is -2.36. The molecule has 0 fully saturated rings. The van der Waals surface area contributed by atoms with Crippen molar-refractivity contribution in [3.8, 4) is 6.07 Å². The van der Waals surface area contributed by atoms with E-state index >= 15 is 0 Å². The molecule has 0 spiro atoms. The first kappa shape index (κ1) is 28.1. The molecule has 0 saturated heterocycles. The van der Waals surface area contributed by atoms with Gasteiger partial charge in [-0.15, -0.1) is 21.6 Å². The summed E-state index contributed by atoms with van der Waals surface area (Å²) in [6.07, 6.45) is 0.908. The number of thiophene rings is 1. The first-order chi connectivity index (χ1) is 17.8. The van der Waals surface area contributed by atoms with Crippen molar-refractivity contribution < 1.29 is 27.0 Å². The van der Waals surface area contributed by atoms with Crippen LogP contribution in [-0.2, 0) is 19.7 Å². The van der Waals surface area contributed by atoms with E-state index in [0.717, 1.165) is 30.8 Å². The number of azo groups is 1. The van der Waals surface area contributed by atoms with Crippen LogP contribution in [0.2, 0.25) is 0 Å². The van der Waals surface area contributed by atoms with Gasteiger partial charge in [0.15, 0.2) is 10.8 Å². The molecule has 0 atom stereocenters. The quantitative estimate of drug-likeness (QED) is 0.0893. The van der Waals surface area contributed by atoms with Crippen LogP contribution in [-0.4, -0.2) is 38.8 Å². The van der Waals surface area contributed by atoms with Gasteiger partial charge < -0.3 is 16.0 Å². The number of nitrogens with two attached hydrogens (primary N) is 1. The first-order valence-electron chi connectivity index (χ1n) is 10.6. The lowest BCUT2D eigenvalue weighted by molar-refractivity contribution is -0.118. The Morgan fingerprint density at radius 2 is 1.92 bits per heavy atom. The molecule has 1 aromatic heterocycles. The fourth-order valence-corrected chi connectivity index (χ4v) is 5.31. The number of nitrogens with one attached hydrogen (secondary N) is 1. The van der Waals surface area contributed by atoms with Crippen LogP contribution in [0.1, 0.15) is 17.4 Å². The number of carbonyl (C=O) groups excluding carboxylic acids is 2. The topological polar surface area (TPSA) is 178 Å². The van der Waals surface area contributed by atoms with E-state index in [1.165, 1.54) is 12.1 Å². The molecule has 4 N–H and O–H groups in total. The number of anilines is 3. The van der Waals surface area contributed by atoms with E-state index in [9.17, 15) is 32.2 Å². The van der Waals surface area contributed by atoms with Crippen LogP contribution in [0, 0.1) is 17.1 Å². The second-order valence-electron chi connectivity index (χ2n) is 7.98. The molecule has 38 heavy (non-hydrogen) atoms. The Kier molecular flexibility index (Phi) is 8.36. The molecule has 3 rings (SSSR count). The molecule has 14 heteroatoms. The van der Waals surface area contributed by atoms with Crippen LogP contribution in [0.15, 0.2) is 63.2 Å². The highest BCUT2D eigenvalue weighted by atomic mass is 32.2. The minimum atomic E-state index is -5.00. The molecule has 0 unspecified atom stereocenters. The molecule has 1 heterocycles. The highest BCUT2D eigenvalue weighted by molar-refractivity contribution is 7.86. The SMILES string of the molecule is CC(=O)/C(=C/c1sc(N=Nc2ccc(N(C)C)cc2N)c(C#N)c1S(=O)(=O)O)C(=O)Nc1cccc(F)c1. The number of halogens is 1. The lowest BCUT2D eigenvalue weighted by Crippen LogP contribution is -2.19. The van der Waals surface area contributed by atoms with Crippen LogP contribution in [0.3, 0.4) is 0 Å². The molecule has 0 aliphatic heterocycles. The minimum Gasteiger partial charge on any atom is -0.397 e. The maximum absolute atomic E-state index is 13.5. The predicted molar refractivity (Wildman–Crippen MR) is 142 cm³/mol. The van der Waals surface area contributed by atoms with Gasteiger partial charge in [-0.2, -0.15) is 13.7 Å². The van der Waals surface area contributed by atoms with Crippen molar-refractivity contribution in [1.82, 2.24) is 0 Å². The summed E-state index contributed by atoms with van der Waals surface area (Å²) in [6.45, 7) is 1.06. The largest absolute Gasteiger partial charge is 0.397 e. The number of Topliss-reactive ketones (excluding diaryl/α,β-unsaturated/α-hetero) is 1. The van der Waals surface area contributed by atoms with Gasteiger partial charge in [-0.05, 0) is 49.4 Å². The van der Waals surface area contributed by atoms with Gasteiger partial charge in [0.05, 0.1) is 16.1 Å². The van der Waals surface area contributed by atoms with Crippen LogP contribution in [0.5, 0.6) is 0 Å². The maximum Gasteiger partial charge on any atom is 0.297 e. The number of nitriles is 1. The smallest absolute Gasteiger partial charge is 0.297 e. The van der Waals surface area contributed by atoms with Gasteiger partial charge in [0.1, 0.15) is 28.0 Å². The third kappa shape index (κ3) is 6.45. The third-order valence-electron chi connectivity index (χ3n) is 5.00. The van der Waals surface area contributed by atoms with Crippen LogP contribution < -0.4 is 16.0 Å². The summed E-state index contributed by atoms with van der Waals surface area (Å²) in [5, 5.41) is 19.7. The number of ketones is 1. The molecule has 0 radical (unpaired) electrons. The Balaban J connectivity index is 2.10. The molecule has 2 aromatic carbocycles. The lowest BCUT2D eigenvalue weighted by atomic mass is 10.1. The van der Waals surface area contributed by atoms with Gasteiger partial charge in [0.2, 0.25) is 0 Å². The maximum atomic E-state index is 13.5. The average molecular weight is 557 g/mol. The molecule has 11 nitrogen and oxygen atoms in total. The zero-order valence-electron chi connectivity index (χ0n) is 20.3. The van der Waals surface area contributed by atoms with E-state index in [2.05, 4.69) is 15.5 Å². The number of amides is 1. The summed E-state index contributed by atoms with van der Waals surface area (Å²) in [4.78, 5) is 25.7. The van der Waals surface area contributed by atoms with Gasteiger partial charge in [0, 0.05) is 25.5 Å². The van der Waals surface area contributed by atoms with Crippen LogP contribution in [0.4, 0.5) is 32.1 Å². The lowest BCUT2D eigenvalue weighted by Gasteiger charge is -2.13. The van der Waals surface area contributed by atoms with Gasteiger partial charge in [-0.3, -0.25) is 14.1 Å². The van der Waals surface area contributed by atoms with E-state index in [1.807, 2.05) is 19.0 Å². The average Bonchev–Trinajstić information content (AvgIpc) is 3.19. The minimum absolute atomic E-state index is 0.0495. The summed E-state index contributed by atoms with van der Waals surface area (Å²) in [6, 6.07) is 11.5. The molecule has 0 aliphatic rings. The highest BCUT2D eigenvalue weighted by Crippen LogP contribution is 2.41. The second kappa shape index (κ2) is 11.3. The van der Waals surface area contributed by atoms with Gasteiger partial charge in [-0.1, -0.05) is 6.07 Å². The molecule has 3 aromatic rings. The molecular weight excluding hydrogens is 535 g/mol. The summed E-state index contributed by atoms with van der Waals surface area (Å²) in [7, 11) is -1.36. The van der Waals surface area contributed by atoms with Crippen molar-refractivity contribution in [3.05, 3.63) is 64.3 Å². The number of carbonyl (C=O) groups is 2. The number of rotatable bonds is 8. The van der Waals surface area contributed by atoms with Gasteiger partial charge in [-0.25, -0.2) is 4.39 Å². The van der Waals surface area contributed by atoms with Crippen LogP contribution in [0.25, 0.3) is 6.08 Å². The first-order valence-corrected chi connectivity index (χ1v) is 12.9. The number of hydrogen-bond acceptors (Lipinski definition) is 10. The van der Waals surface area contributed by atoms with Crippen molar-refractivity contribution >= 4 is 67.0 Å². The summed E-state index contributed by atoms with van der Waals surface area (Å²) in [5.41, 5.74) is 6.30. The number of benzene rings is 2. The summed E-state index contributed by atoms with van der Waals surface area (Å²) < 4.78 is 47.7. The highest BCUT2D eigenvalue weighted by Gasteiger charge is 2.28. The van der Waals surface area contributed by atoms with E-state index < -0.39 is 43.7 Å². The van der Waals surface area contributed by atoms with Crippen LogP contribution >= 0.6 is 11.3 Å². The zero-order valence-corrected chi connectivity index (χ0v) is 21.9. The van der Waals surface area contributed by atoms with E-state index in [-0.39, 0.29) is 26.9 Å². The zero-order chi connectivity index (χ0) is 28.2. The Morgan fingerprint density at radius 1 is 1.21 bits per heavy atom. The molecule has 0 saturated carbocycles. The monoisotopic (exact) mass is 556 g/mol. The van der Waals surface area contributed by atoms with Crippen molar-refractivity contribution in [2.24, 2.45) is 10.2 Å². The van der Waals surface area contributed by atoms with Gasteiger partial charge in [0.25, 0.3) is 16.0 Å². The van der Waals surface area contributed by atoms with Crippen molar-refractivity contribution in [2.45, 2.75) is 11.8 Å². The predicted octanol–water partition coefficient (Wildman–Crippen LogP) is 4.68. The molecule has 0 aliphatic carbocycles. The Bertz CT molecular complexity index is 1640. The third-order valence-corrected chi connectivity index (χ3v) is 7.09. The molecule has 1 amide bonds. The van der Waals surface area contributed by atoms with E-state index in [0.29, 0.717) is 11.3 Å². The Morgan fingerprint density at radius 3 is 2.47 bits per heavy atom. The molecule has 0 bridgehead atoms.